The molecule has 0 spiro atoms. The molecule has 0 saturated heterocycles. The summed E-state index contributed by atoms with van der Waals surface area (Å²) in [4.78, 5) is 26.4. The van der Waals surface area contributed by atoms with Crippen LogP contribution < -0.4 is 14.5 Å². The summed E-state index contributed by atoms with van der Waals surface area (Å²) in [6, 6.07) is 14.3. The smallest absolute Gasteiger partial charge is 0.251 e. The zero-order valence-corrected chi connectivity index (χ0v) is 15.2. The Hall–Kier alpha value is -2.87. The molecule has 0 aromatic heterocycles. The second-order valence-corrected chi connectivity index (χ2v) is 7.92. The minimum absolute atomic E-state index is 0.160. The van der Waals surface area contributed by atoms with Crippen LogP contribution in [0.4, 0.5) is 17.1 Å². The van der Waals surface area contributed by atoms with Crippen LogP contribution in [-0.4, -0.2) is 39.1 Å². The first kappa shape index (κ1) is 17.9. The molecular weight excluding hydrogens is 354 g/mol. The van der Waals surface area contributed by atoms with Gasteiger partial charge in [-0.25, -0.2) is 8.42 Å². The summed E-state index contributed by atoms with van der Waals surface area (Å²) in [7, 11) is -3.71. The largest absolute Gasteiger partial charge is 0.323 e. The number of fused-ring (bicyclic) bond motifs is 1. The summed E-state index contributed by atoms with van der Waals surface area (Å²) >= 11 is 0. The first-order valence-electron chi connectivity index (χ1n) is 8.04. The van der Waals surface area contributed by atoms with Crippen molar-refractivity contribution in [1.29, 1.82) is 0 Å². The van der Waals surface area contributed by atoms with Crippen molar-refractivity contribution in [2.45, 2.75) is 13.0 Å². The number of rotatable bonds is 4. The van der Waals surface area contributed by atoms with E-state index in [0.29, 0.717) is 17.1 Å². The molecule has 1 N–H and O–H groups in total. The molecule has 0 aliphatic carbocycles. The van der Waals surface area contributed by atoms with E-state index < -0.39 is 22.0 Å². The Kier molecular flexibility index (Phi) is 4.69. The second-order valence-electron chi connectivity index (χ2n) is 6.06. The third-order valence-corrected chi connectivity index (χ3v) is 5.36. The van der Waals surface area contributed by atoms with Crippen molar-refractivity contribution in [2.24, 2.45) is 0 Å². The van der Waals surface area contributed by atoms with Crippen LogP contribution in [-0.2, 0) is 19.6 Å². The molecule has 2 aromatic rings. The Morgan fingerprint density at radius 2 is 1.73 bits per heavy atom. The Morgan fingerprint density at radius 3 is 2.38 bits per heavy atom. The first-order chi connectivity index (χ1) is 12.3. The summed E-state index contributed by atoms with van der Waals surface area (Å²) in [6.45, 7) is 1.36. The summed E-state index contributed by atoms with van der Waals surface area (Å²) in [5, 5.41) is 2.71. The predicted molar refractivity (Wildman–Crippen MR) is 101 cm³/mol. The third kappa shape index (κ3) is 3.41. The van der Waals surface area contributed by atoms with Crippen molar-refractivity contribution in [3.05, 3.63) is 54.6 Å². The molecule has 1 atom stereocenters. The van der Waals surface area contributed by atoms with Crippen molar-refractivity contribution in [3.8, 4) is 0 Å². The monoisotopic (exact) mass is 373 g/mol. The van der Waals surface area contributed by atoms with Gasteiger partial charge in [0.25, 0.3) is 5.91 Å². The maximum absolute atomic E-state index is 13.1. The average molecular weight is 373 g/mol. The quantitative estimate of drug-likeness (QED) is 0.886. The minimum Gasteiger partial charge on any atom is -0.323 e. The van der Waals surface area contributed by atoms with Crippen molar-refractivity contribution >= 4 is 38.9 Å². The molecule has 2 amide bonds. The topological polar surface area (TPSA) is 86.8 Å². The third-order valence-electron chi connectivity index (χ3n) is 4.11. The van der Waals surface area contributed by atoms with Crippen LogP contribution in [0.5, 0.6) is 0 Å². The number of nitrogens with zero attached hydrogens (tertiary/aromatic N) is 2. The van der Waals surface area contributed by atoms with Crippen molar-refractivity contribution < 1.29 is 18.0 Å². The molecule has 26 heavy (non-hydrogen) atoms. The highest BCUT2D eigenvalue weighted by atomic mass is 32.2. The summed E-state index contributed by atoms with van der Waals surface area (Å²) in [6.07, 6.45) is 1.06. The molecule has 3 rings (SSSR count). The Bertz CT molecular complexity index is 944. The van der Waals surface area contributed by atoms with E-state index in [0.717, 1.165) is 10.6 Å². The van der Waals surface area contributed by atoms with Gasteiger partial charge in [0.1, 0.15) is 12.6 Å². The lowest BCUT2D eigenvalue weighted by Crippen LogP contribution is -2.52. The van der Waals surface area contributed by atoms with Crippen LogP contribution >= 0.6 is 0 Å². The average Bonchev–Trinajstić information content (AvgIpc) is 2.60. The van der Waals surface area contributed by atoms with Gasteiger partial charge in [-0.2, -0.15) is 0 Å². The normalized spacial score (nSPS) is 15.0. The Balaban J connectivity index is 2.00. The molecule has 0 saturated carbocycles. The Morgan fingerprint density at radius 1 is 1.12 bits per heavy atom. The number of benzene rings is 2. The highest BCUT2D eigenvalue weighted by Crippen LogP contribution is 2.30. The van der Waals surface area contributed by atoms with Gasteiger partial charge in [0, 0.05) is 0 Å². The first-order valence-corrected chi connectivity index (χ1v) is 9.88. The number of sulfonamides is 1. The lowest BCUT2D eigenvalue weighted by Gasteiger charge is -2.35. The fraction of sp³-hybridized carbons (Fsp3) is 0.222. The molecule has 0 fully saturated rings. The van der Waals surface area contributed by atoms with E-state index in [2.05, 4.69) is 5.32 Å². The van der Waals surface area contributed by atoms with E-state index >= 15 is 0 Å². The molecule has 0 radical (unpaired) electrons. The molecule has 1 aliphatic rings. The number of amides is 2. The maximum Gasteiger partial charge on any atom is 0.251 e. The fourth-order valence-corrected chi connectivity index (χ4v) is 4.20. The van der Waals surface area contributed by atoms with Crippen LogP contribution in [0.2, 0.25) is 0 Å². The lowest BCUT2D eigenvalue weighted by atomic mass is 10.1. The summed E-state index contributed by atoms with van der Waals surface area (Å²) < 4.78 is 25.8. The molecule has 136 valence electrons. The van der Waals surface area contributed by atoms with Crippen LogP contribution in [0, 0.1) is 0 Å². The number of nitrogens with one attached hydrogen (secondary N) is 1. The van der Waals surface area contributed by atoms with E-state index in [1.54, 1.807) is 54.6 Å². The van der Waals surface area contributed by atoms with Crippen LogP contribution in [0.15, 0.2) is 54.6 Å². The van der Waals surface area contributed by atoms with Crippen molar-refractivity contribution in [1.82, 2.24) is 0 Å². The number of anilines is 3. The predicted octanol–water partition coefficient (Wildman–Crippen LogP) is 1.83. The van der Waals surface area contributed by atoms with E-state index in [-0.39, 0.29) is 12.5 Å². The molecular formula is C18H19N3O4S. The van der Waals surface area contributed by atoms with Gasteiger partial charge in [0.05, 0.1) is 23.3 Å². The fourth-order valence-electron chi connectivity index (χ4n) is 3.03. The van der Waals surface area contributed by atoms with Crippen molar-refractivity contribution in [2.75, 3.05) is 27.3 Å². The summed E-state index contributed by atoms with van der Waals surface area (Å²) in [5.41, 5.74) is 1.46. The standard InChI is InChI=1S/C18H19N3O4S/c1-13(21(26(2,24)25)14-8-4-3-5-9-14)18(23)20-12-17(22)19-15-10-6-7-11-16(15)20/h3-11,13H,12H2,1-2H3,(H,19,22). The van der Waals surface area contributed by atoms with Gasteiger partial charge in [-0.05, 0) is 31.2 Å². The molecule has 1 heterocycles. The number of carbonyl (C=O) groups is 2. The Labute approximate surface area is 152 Å². The van der Waals surface area contributed by atoms with Crippen LogP contribution in [0.1, 0.15) is 6.92 Å². The van der Waals surface area contributed by atoms with Gasteiger partial charge >= 0.3 is 0 Å². The molecule has 1 unspecified atom stereocenters. The van der Waals surface area contributed by atoms with Gasteiger partial charge in [0.2, 0.25) is 15.9 Å². The zero-order chi connectivity index (χ0) is 18.9. The molecule has 0 bridgehead atoms. The molecule has 8 heteroatoms. The number of hydrogen-bond donors (Lipinski definition) is 1. The van der Waals surface area contributed by atoms with Crippen LogP contribution in [0.3, 0.4) is 0 Å². The van der Waals surface area contributed by atoms with Gasteiger partial charge < -0.3 is 5.32 Å². The maximum atomic E-state index is 13.1. The van der Waals surface area contributed by atoms with Gasteiger partial charge in [-0.15, -0.1) is 0 Å². The summed E-state index contributed by atoms with van der Waals surface area (Å²) in [5.74, 6) is -0.795. The number of para-hydroxylation sites is 3. The number of carbonyl (C=O) groups excluding carboxylic acids is 2. The highest BCUT2D eigenvalue weighted by Gasteiger charge is 2.35. The highest BCUT2D eigenvalue weighted by molar-refractivity contribution is 7.92. The van der Waals surface area contributed by atoms with Gasteiger partial charge in [-0.3, -0.25) is 18.8 Å². The van der Waals surface area contributed by atoms with Gasteiger partial charge in [0.15, 0.2) is 0 Å². The van der Waals surface area contributed by atoms with Gasteiger partial charge in [-0.1, -0.05) is 30.3 Å². The molecule has 2 aromatic carbocycles. The SMILES string of the molecule is CC(C(=O)N1CC(=O)Nc2ccccc21)N(c1ccccc1)S(C)(=O)=O. The van der Waals surface area contributed by atoms with E-state index in [1.165, 1.54) is 11.8 Å². The van der Waals surface area contributed by atoms with Crippen molar-refractivity contribution in [3.63, 3.8) is 0 Å². The van der Waals surface area contributed by atoms with E-state index in [1.807, 2.05) is 0 Å². The second kappa shape index (κ2) is 6.80. The zero-order valence-electron chi connectivity index (χ0n) is 14.4. The van der Waals surface area contributed by atoms with Crippen LogP contribution in [0.25, 0.3) is 0 Å². The van der Waals surface area contributed by atoms with E-state index in [9.17, 15) is 18.0 Å². The minimum atomic E-state index is -3.71. The lowest BCUT2D eigenvalue weighted by molar-refractivity contribution is -0.122. The molecule has 7 nitrogen and oxygen atoms in total. The molecule has 1 aliphatic heterocycles. The number of hydrogen-bond acceptors (Lipinski definition) is 4. The van der Waals surface area contributed by atoms with E-state index in [4.69, 9.17) is 0 Å².